The first kappa shape index (κ1) is 15.2. The van der Waals surface area contributed by atoms with Gasteiger partial charge in [0.15, 0.2) is 11.5 Å². The summed E-state index contributed by atoms with van der Waals surface area (Å²) in [5.41, 5.74) is 0.409. The van der Waals surface area contributed by atoms with Crippen LogP contribution in [0.3, 0.4) is 0 Å². The molecule has 120 valence electrons. The first-order chi connectivity index (χ1) is 10.5. The van der Waals surface area contributed by atoms with Crippen LogP contribution in [0.5, 0.6) is 11.5 Å². The highest BCUT2D eigenvalue weighted by atomic mass is 16.6. The molecule has 0 N–H and O–H groups in total. The van der Waals surface area contributed by atoms with Crippen molar-refractivity contribution in [3.63, 3.8) is 0 Å². The van der Waals surface area contributed by atoms with Crippen LogP contribution in [0.2, 0.25) is 0 Å². The average Bonchev–Trinajstić information content (AvgIpc) is 2.54. The zero-order valence-electron chi connectivity index (χ0n) is 13.6. The number of hydrogen-bond donors (Lipinski definition) is 0. The predicted octanol–water partition coefficient (Wildman–Crippen LogP) is 1.51. The fourth-order valence-electron chi connectivity index (χ4n) is 2.96. The molecular formula is C17H24N2O3. The minimum absolute atomic E-state index is 0.178. The first-order valence-electron chi connectivity index (χ1n) is 7.86. The van der Waals surface area contributed by atoms with Gasteiger partial charge in [-0.25, -0.2) is 0 Å². The summed E-state index contributed by atoms with van der Waals surface area (Å²) in [5.74, 6) is 1.68. The van der Waals surface area contributed by atoms with Gasteiger partial charge >= 0.3 is 0 Å². The summed E-state index contributed by atoms with van der Waals surface area (Å²) in [6.07, 6.45) is 0. The number of carbonyl (C=O) groups is 1. The molecule has 2 aliphatic rings. The van der Waals surface area contributed by atoms with Crippen molar-refractivity contribution in [3.8, 4) is 11.5 Å². The minimum atomic E-state index is -0.564. The largest absolute Gasteiger partial charge is 0.486 e. The molecule has 1 amide bonds. The van der Waals surface area contributed by atoms with Crippen LogP contribution in [0.15, 0.2) is 18.2 Å². The van der Waals surface area contributed by atoms with Crippen LogP contribution in [0.4, 0.5) is 0 Å². The fourth-order valence-corrected chi connectivity index (χ4v) is 2.96. The van der Waals surface area contributed by atoms with Gasteiger partial charge in [0.25, 0.3) is 0 Å². The van der Waals surface area contributed by atoms with Crippen molar-refractivity contribution < 1.29 is 14.3 Å². The van der Waals surface area contributed by atoms with Crippen LogP contribution < -0.4 is 9.47 Å². The lowest BCUT2D eigenvalue weighted by atomic mass is 9.82. The Morgan fingerprint density at radius 1 is 1.05 bits per heavy atom. The van der Waals surface area contributed by atoms with E-state index in [1.807, 2.05) is 36.9 Å². The molecule has 0 aliphatic carbocycles. The van der Waals surface area contributed by atoms with E-state index in [4.69, 9.17) is 9.47 Å². The summed E-state index contributed by atoms with van der Waals surface area (Å²) in [7, 11) is 2.09. The average molecular weight is 304 g/mol. The van der Waals surface area contributed by atoms with E-state index in [-0.39, 0.29) is 5.91 Å². The van der Waals surface area contributed by atoms with Gasteiger partial charge in [-0.05, 0) is 38.6 Å². The summed E-state index contributed by atoms with van der Waals surface area (Å²) in [4.78, 5) is 17.2. The zero-order valence-corrected chi connectivity index (χ0v) is 13.6. The number of fused-ring (bicyclic) bond motifs is 1. The van der Waals surface area contributed by atoms with Crippen LogP contribution >= 0.6 is 0 Å². The Hall–Kier alpha value is -1.75. The van der Waals surface area contributed by atoms with E-state index in [2.05, 4.69) is 11.9 Å². The Morgan fingerprint density at radius 3 is 2.36 bits per heavy atom. The van der Waals surface area contributed by atoms with Gasteiger partial charge in [0.1, 0.15) is 13.2 Å². The summed E-state index contributed by atoms with van der Waals surface area (Å²) >= 11 is 0. The monoisotopic (exact) mass is 304 g/mol. The number of ether oxygens (including phenoxy) is 2. The van der Waals surface area contributed by atoms with E-state index in [0.717, 1.165) is 43.2 Å². The van der Waals surface area contributed by atoms with Crippen LogP contribution in [0, 0.1) is 0 Å². The van der Waals surface area contributed by atoms with Crippen molar-refractivity contribution in [1.29, 1.82) is 0 Å². The van der Waals surface area contributed by atoms with Gasteiger partial charge < -0.3 is 19.3 Å². The summed E-state index contributed by atoms with van der Waals surface area (Å²) in [6, 6.07) is 5.83. The molecule has 0 saturated carbocycles. The lowest BCUT2D eigenvalue weighted by Gasteiger charge is -2.37. The zero-order chi connectivity index (χ0) is 15.7. The third-order valence-corrected chi connectivity index (χ3v) is 4.59. The van der Waals surface area contributed by atoms with E-state index in [9.17, 15) is 4.79 Å². The Bertz CT molecular complexity index is 563. The highest BCUT2D eigenvalue weighted by Gasteiger charge is 2.35. The molecular weight excluding hydrogens is 280 g/mol. The van der Waals surface area contributed by atoms with Gasteiger partial charge in [0.05, 0.1) is 5.41 Å². The van der Waals surface area contributed by atoms with Gasteiger partial charge in [-0.1, -0.05) is 6.07 Å². The van der Waals surface area contributed by atoms with Crippen molar-refractivity contribution in [2.45, 2.75) is 19.3 Å². The van der Waals surface area contributed by atoms with Crippen molar-refractivity contribution in [2.75, 3.05) is 46.4 Å². The van der Waals surface area contributed by atoms with Gasteiger partial charge in [-0.15, -0.1) is 0 Å². The molecule has 1 aromatic rings. The fraction of sp³-hybridized carbons (Fsp3) is 0.588. The van der Waals surface area contributed by atoms with E-state index in [1.165, 1.54) is 0 Å². The molecule has 22 heavy (non-hydrogen) atoms. The summed E-state index contributed by atoms with van der Waals surface area (Å²) < 4.78 is 11.2. The molecule has 0 atom stereocenters. The third kappa shape index (κ3) is 2.77. The molecule has 2 aliphatic heterocycles. The molecule has 0 bridgehead atoms. The number of benzene rings is 1. The lowest BCUT2D eigenvalue weighted by molar-refractivity contribution is -0.137. The van der Waals surface area contributed by atoms with Crippen molar-refractivity contribution in [3.05, 3.63) is 23.8 Å². The first-order valence-corrected chi connectivity index (χ1v) is 7.86. The summed E-state index contributed by atoms with van der Waals surface area (Å²) in [5, 5.41) is 0. The maximum atomic E-state index is 12.9. The second kappa shape index (κ2) is 5.80. The van der Waals surface area contributed by atoms with Crippen molar-refractivity contribution in [2.24, 2.45) is 0 Å². The molecule has 0 spiro atoms. The SMILES string of the molecule is CN1CCN(C(=O)C(C)(C)c2ccc3c(c2)OCCO3)CC1. The molecule has 2 heterocycles. The van der Waals surface area contributed by atoms with E-state index in [0.29, 0.717) is 13.2 Å². The highest BCUT2D eigenvalue weighted by Crippen LogP contribution is 2.36. The molecule has 0 unspecified atom stereocenters. The van der Waals surface area contributed by atoms with E-state index < -0.39 is 5.41 Å². The number of amides is 1. The molecule has 3 rings (SSSR count). The Morgan fingerprint density at radius 2 is 1.68 bits per heavy atom. The van der Waals surface area contributed by atoms with Crippen LogP contribution in [0.1, 0.15) is 19.4 Å². The van der Waals surface area contributed by atoms with Gasteiger partial charge in [-0.2, -0.15) is 0 Å². The molecule has 1 fully saturated rings. The molecule has 1 aromatic carbocycles. The Kier molecular flexibility index (Phi) is 4.00. The number of nitrogens with zero attached hydrogens (tertiary/aromatic N) is 2. The topological polar surface area (TPSA) is 42.0 Å². The Labute approximate surface area is 131 Å². The maximum Gasteiger partial charge on any atom is 0.232 e. The number of hydrogen-bond acceptors (Lipinski definition) is 4. The maximum absolute atomic E-state index is 12.9. The lowest BCUT2D eigenvalue weighted by Crippen LogP contribution is -2.52. The molecule has 5 heteroatoms. The quantitative estimate of drug-likeness (QED) is 0.830. The molecule has 1 saturated heterocycles. The van der Waals surface area contributed by atoms with Gasteiger partial charge in [-0.3, -0.25) is 4.79 Å². The van der Waals surface area contributed by atoms with Crippen molar-refractivity contribution >= 4 is 5.91 Å². The van der Waals surface area contributed by atoms with Gasteiger partial charge in [0, 0.05) is 26.2 Å². The van der Waals surface area contributed by atoms with Gasteiger partial charge in [0.2, 0.25) is 5.91 Å². The van der Waals surface area contributed by atoms with Crippen molar-refractivity contribution in [1.82, 2.24) is 9.80 Å². The number of piperazine rings is 1. The number of likely N-dealkylation sites (N-methyl/N-ethyl adjacent to an activating group) is 1. The van der Waals surface area contributed by atoms with Crippen LogP contribution in [0.25, 0.3) is 0 Å². The predicted molar refractivity (Wildman–Crippen MR) is 84.5 cm³/mol. The number of rotatable bonds is 2. The third-order valence-electron chi connectivity index (χ3n) is 4.59. The molecule has 5 nitrogen and oxygen atoms in total. The second-order valence-corrected chi connectivity index (χ2v) is 6.58. The normalized spacial score (nSPS) is 19.1. The standard InChI is InChI=1S/C17H24N2O3/c1-17(2,16(20)19-8-6-18(3)7-9-19)13-4-5-14-15(12-13)22-11-10-21-14/h4-5,12H,6-11H2,1-3H3. The molecule has 0 aromatic heterocycles. The Balaban J connectivity index is 1.81. The van der Waals surface area contributed by atoms with Crippen LogP contribution in [-0.4, -0.2) is 62.1 Å². The van der Waals surface area contributed by atoms with E-state index in [1.54, 1.807) is 0 Å². The van der Waals surface area contributed by atoms with E-state index >= 15 is 0 Å². The second-order valence-electron chi connectivity index (χ2n) is 6.58. The number of carbonyl (C=O) groups excluding carboxylic acids is 1. The highest BCUT2D eigenvalue weighted by molar-refractivity contribution is 5.87. The van der Waals surface area contributed by atoms with Crippen LogP contribution in [-0.2, 0) is 10.2 Å². The molecule has 0 radical (unpaired) electrons. The minimum Gasteiger partial charge on any atom is -0.486 e. The smallest absolute Gasteiger partial charge is 0.232 e. The summed E-state index contributed by atoms with van der Waals surface area (Å²) in [6.45, 7) is 8.57.